The Morgan fingerprint density at radius 3 is 1.73 bits per heavy atom. The quantitative estimate of drug-likeness (QED) is 0.570. The first kappa shape index (κ1) is 15.7. The topological polar surface area (TPSA) is 0 Å². The van der Waals surface area contributed by atoms with Crippen molar-refractivity contribution in [1.29, 1.82) is 0 Å². The van der Waals surface area contributed by atoms with Gasteiger partial charge in [-0.05, 0) is 29.4 Å². The zero-order valence-corrected chi connectivity index (χ0v) is 13.3. The summed E-state index contributed by atoms with van der Waals surface area (Å²) in [5.41, 5.74) is 0.859. The lowest BCUT2D eigenvalue weighted by molar-refractivity contribution is 0.140. The summed E-state index contributed by atoms with van der Waals surface area (Å²) in [6.45, 7) is 16.6. The molecule has 0 saturated heterocycles. The second kappa shape index (κ2) is 5.86. The molecular formula is C13H28S2. The van der Waals surface area contributed by atoms with Gasteiger partial charge < -0.3 is 0 Å². The molecule has 1 atom stereocenters. The van der Waals surface area contributed by atoms with E-state index in [2.05, 4.69) is 54.7 Å². The molecule has 0 spiro atoms. The molecule has 92 valence electrons. The Labute approximate surface area is 105 Å². The van der Waals surface area contributed by atoms with E-state index in [-0.39, 0.29) is 0 Å². The van der Waals surface area contributed by atoms with Crippen molar-refractivity contribution in [3.63, 3.8) is 0 Å². The molecule has 0 bridgehead atoms. The maximum absolute atomic E-state index is 2.41. The first-order chi connectivity index (χ1) is 6.63. The maximum atomic E-state index is 2.41. The number of hydrogen-bond donors (Lipinski definition) is 0. The van der Waals surface area contributed by atoms with E-state index in [1.165, 1.54) is 6.42 Å². The molecule has 0 rings (SSSR count). The van der Waals surface area contributed by atoms with E-state index >= 15 is 0 Å². The molecule has 0 aliphatic rings. The first-order valence-corrected chi connectivity index (χ1v) is 8.45. The zero-order valence-electron chi connectivity index (χ0n) is 11.7. The second-order valence-corrected chi connectivity index (χ2v) is 9.02. The summed E-state index contributed by atoms with van der Waals surface area (Å²) in [6.07, 6.45) is 3.47. The third-order valence-corrected chi connectivity index (χ3v) is 6.38. The third kappa shape index (κ3) is 5.04. The fourth-order valence-electron chi connectivity index (χ4n) is 1.80. The fraction of sp³-hybridized carbons (Fsp3) is 1.00. The Hall–Kier alpha value is 0.700. The minimum Gasteiger partial charge on any atom is -0.0973 e. The monoisotopic (exact) mass is 248 g/mol. The molecule has 0 aromatic carbocycles. The molecule has 0 aromatic rings. The van der Waals surface area contributed by atoms with Gasteiger partial charge in [0.15, 0.2) is 0 Å². The van der Waals surface area contributed by atoms with Crippen molar-refractivity contribution >= 4 is 21.6 Å². The van der Waals surface area contributed by atoms with Gasteiger partial charge in [-0.1, -0.05) is 70.1 Å². The van der Waals surface area contributed by atoms with Gasteiger partial charge in [0.05, 0.1) is 0 Å². The van der Waals surface area contributed by atoms with Gasteiger partial charge in [0.1, 0.15) is 0 Å². The minimum absolute atomic E-state index is 0.418. The first-order valence-electron chi connectivity index (χ1n) is 5.83. The summed E-state index contributed by atoms with van der Waals surface area (Å²) in [5, 5.41) is 0.713. The van der Waals surface area contributed by atoms with E-state index in [9.17, 15) is 0 Å². The molecule has 15 heavy (non-hydrogen) atoms. The van der Waals surface area contributed by atoms with Crippen LogP contribution in [0, 0.1) is 16.7 Å². The summed E-state index contributed by atoms with van der Waals surface area (Å²) >= 11 is 0. The standard InChI is InChI=1S/C13H28S2/c1-10(2)12(4,5)9-13(6,7)11(3)15-14-8/h10-11H,9H2,1-8H3. The highest BCUT2D eigenvalue weighted by molar-refractivity contribution is 8.76. The average molecular weight is 249 g/mol. The van der Waals surface area contributed by atoms with Crippen LogP contribution in [-0.2, 0) is 0 Å². The maximum Gasteiger partial charge on any atom is 0.0174 e. The Balaban J connectivity index is 4.48. The van der Waals surface area contributed by atoms with Crippen molar-refractivity contribution in [1.82, 2.24) is 0 Å². The van der Waals surface area contributed by atoms with Crippen molar-refractivity contribution in [2.75, 3.05) is 6.26 Å². The van der Waals surface area contributed by atoms with Crippen LogP contribution in [0.5, 0.6) is 0 Å². The van der Waals surface area contributed by atoms with E-state index in [1.54, 1.807) is 0 Å². The van der Waals surface area contributed by atoms with Gasteiger partial charge in [0.2, 0.25) is 0 Å². The molecule has 0 aromatic heterocycles. The fourth-order valence-corrected chi connectivity index (χ4v) is 4.08. The molecule has 0 nitrogen and oxygen atoms in total. The second-order valence-electron chi connectivity index (χ2n) is 6.21. The van der Waals surface area contributed by atoms with E-state index in [4.69, 9.17) is 0 Å². The van der Waals surface area contributed by atoms with Crippen LogP contribution in [0.25, 0.3) is 0 Å². The van der Waals surface area contributed by atoms with E-state index in [0.29, 0.717) is 16.1 Å². The molecule has 0 aliphatic carbocycles. The Morgan fingerprint density at radius 2 is 1.40 bits per heavy atom. The van der Waals surface area contributed by atoms with Crippen LogP contribution in [0.4, 0.5) is 0 Å². The van der Waals surface area contributed by atoms with Gasteiger partial charge in [-0.15, -0.1) is 0 Å². The molecule has 2 heteroatoms. The molecule has 0 saturated carbocycles. The van der Waals surface area contributed by atoms with Crippen molar-refractivity contribution in [3.8, 4) is 0 Å². The van der Waals surface area contributed by atoms with Crippen LogP contribution in [0.1, 0.15) is 54.9 Å². The minimum atomic E-state index is 0.418. The van der Waals surface area contributed by atoms with Crippen LogP contribution < -0.4 is 0 Å². The largest absolute Gasteiger partial charge is 0.0973 e. The molecule has 1 unspecified atom stereocenters. The van der Waals surface area contributed by atoms with E-state index in [0.717, 1.165) is 5.92 Å². The molecular weight excluding hydrogens is 220 g/mol. The smallest absolute Gasteiger partial charge is 0.0174 e. The van der Waals surface area contributed by atoms with Crippen molar-refractivity contribution < 1.29 is 0 Å². The molecule has 0 N–H and O–H groups in total. The van der Waals surface area contributed by atoms with Gasteiger partial charge in [-0.3, -0.25) is 0 Å². The van der Waals surface area contributed by atoms with Gasteiger partial charge in [-0.2, -0.15) is 0 Å². The molecule has 0 radical (unpaired) electrons. The predicted octanol–water partition coefficient (Wildman–Crippen LogP) is 5.48. The van der Waals surface area contributed by atoms with Crippen molar-refractivity contribution in [3.05, 3.63) is 0 Å². The number of hydrogen-bond acceptors (Lipinski definition) is 2. The Kier molecular flexibility index (Phi) is 6.13. The van der Waals surface area contributed by atoms with E-state index < -0.39 is 0 Å². The molecule has 0 amide bonds. The lowest BCUT2D eigenvalue weighted by Gasteiger charge is -2.40. The van der Waals surface area contributed by atoms with Crippen LogP contribution >= 0.6 is 21.6 Å². The highest BCUT2D eigenvalue weighted by Crippen LogP contribution is 2.45. The number of rotatable bonds is 6. The van der Waals surface area contributed by atoms with Gasteiger partial charge in [0.25, 0.3) is 0 Å². The van der Waals surface area contributed by atoms with E-state index in [1.807, 2.05) is 21.6 Å². The van der Waals surface area contributed by atoms with Crippen LogP contribution in [0.15, 0.2) is 0 Å². The molecule has 0 fully saturated rings. The summed E-state index contributed by atoms with van der Waals surface area (Å²) in [6, 6.07) is 0. The lowest BCUT2D eigenvalue weighted by atomic mass is 9.68. The van der Waals surface area contributed by atoms with Crippen LogP contribution in [0.2, 0.25) is 0 Å². The normalized spacial score (nSPS) is 15.8. The summed E-state index contributed by atoms with van der Waals surface area (Å²) in [5.74, 6) is 0.753. The SMILES string of the molecule is CSSC(C)C(C)(C)CC(C)(C)C(C)C. The zero-order chi connectivity index (χ0) is 12.3. The van der Waals surface area contributed by atoms with Gasteiger partial charge in [-0.25, -0.2) is 0 Å². The van der Waals surface area contributed by atoms with Gasteiger partial charge in [0, 0.05) is 5.25 Å². The van der Waals surface area contributed by atoms with Crippen LogP contribution in [-0.4, -0.2) is 11.5 Å². The summed E-state index contributed by atoms with van der Waals surface area (Å²) in [4.78, 5) is 0. The Bertz CT molecular complexity index is 183. The molecule has 0 aliphatic heterocycles. The summed E-state index contributed by atoms with van der Waals surface area (Å²) < 4.78 is 0. The van der Waals surface area contributed by atoms with Crippen molar-refractivity contribution in [2.24, 2.45) is 16.7 Å². The summed E-state index contributed by atoms with van der Waals surface area (Å²) in [7, 11) is 3.89. The third-order valence-electron chi connectivity index (χ3n) is 3.82. The van der Waals surface area contributed by atoms with Crippen molar-refractivity contribution in [2.45, 2.75) is 60.1 Å². The predicted molar refractivity (Wildman–Crippen MR) is 77.6 cm³/mol. The Morgan fingerprint density at radius 1 is 0.933 bits per heavy atom. The van der Waals surface area contributed by atoms with Crippen LogP contribution in [0.3, 0.4) is 0 Å². The average Bonchev–Trinajstić information content (AvgIpc) is 2.02. The molecule has 0 heterocycles. The highest BCUT2D eigenvalue weighted by Gasteiger charge is 2.34. The van der Waals surface area contributed by atoms with Gasteiger partial charge >= 0.3 is 0 Å². The lowest BCUT2D eigenvalue weighted by Crippen LogP contribution is -2.33. The highest BCUT2D eigenvalue weighted by atomic mass is 33.1.